The Labute approximate surface area is 144 Å². The summed E-state index contributed by atoms with van der Waals surface area (Å²) in [6, 6.07) is 10.8. The van der Waals surface area contributed by atoms with E-state index in [4.69, 9.17) is 4.74 Å². The maximum atomic E-state index is 12.4. The molecule has 2 heterocycles. The van der Waals surface area contributed by atoms with E-state index in [1.165, 1.54) is 5.56 Å². The minimum atomic E-state index is -0.000478. The fraction of sp³-hybridized carbons (Fsp3) is 0.632. The second-order valence-corrected chi connectivity index (χ2v) is 7.06. The molecule has 0 bridgehead atoms. The fourth-order valence-corrected chi connectivity index (χ4v) is 3.59. The molecule has 24 heavy (non-hydrogen) atoms. The standard InChI is InChI=1S/C19H29N3O2/c1-15-12-20-8-7-18(15)21-19(23)11-17-14-22(9-10-24-17)13-16-5-3-2-4-6-16/h2-6,15,17-18,20H,7-14H2,1H3,(H,21,23). The van der Waals surface area contributed by atoms with Crippen molar-refractivity contribution in [3.63, 3.8) is 0 Å². The van der Waals surface area contributed by atoms with Crippen molar-refractivity contribution in [1.82, 2.24) is 15.5 Å². The van der Waals surface area contributed by atoms with Gasteiger partial charge in [-0.3, -0.25) is 9.69 Å². The number of carbonyl (C=O) groups excluding carboxylic acids is 1. The number of hydrogen-bond acceptors (Lipinski definition) is 4. The molecule has 5 heteroatoms. The average Bonchev–Trinajstić information content (AvgIpc) is 2.58. The van der Waals surface area contributed by atoms with Gasteiger partial charge in [0, 0.05) is 25.7 Å². The van der Waals surface area contributed by atoms with Crippen LogP contribution in [0.15, 0.2) is 30.3 Å². The van der Waals surface area contributed by atoms with Crippen molar-refractivity contribution >= 4 is 5.91 Å². The maximum absolute atomic E-state index is 12.4. The van der Waals surface area contributed by atoms with Gasteiger partial charge in [0.15, 0.2) is 0 Å². The van der Waals surface area contributed by atoms with Gasteiger partial charge < -0.3 is 15.4 Å². The Balaban J connectivity index is 1.45. The first kappa shape index (κ1) is 17.4. The van der Waals surface area contributed by atoms with Crippen molar-refractivity contribution in [1.29, 1.82) is 0 Å². The van der Waals surface area contributed by atoms with Crippen LogP contribution < -0.4 is 10.6 Å². The van der Waals surface area contributed by atoms with Crippen molar-refractivity contribution < 1.29 is 9.53 Å². The molecule has 0 radical (unpaired) electrons. The number of hydrogen-bond donors (Lipinski definition) is 2. The second-order valence-electron chi connectivity index (χ2n) is 7.06. The van der Waals surface area contributed by atoms with E-state index < -0.39 is 0 Å². The smallest absolute Gasteiger partial charge is 0.222 e. The molecule has 0 aliphatic carbocycles. The SMILES string of the molecule is CC1CNCCC1NC(=O)CC1CN(Cc2ccccc2)CCO1. The Morgan fingerprint density at radius 1 is 1.38 bits per heavy atom. The Morgan fingerprint density at radius 3 is 3.00 bits per heavy atom. The highest BCUT2D eigenvalue weighted by atomic mass is 16.5. The monoisotopic (exact) mass is 331 g/mol. The van der Waals surface area contributed by atoms with Gasteiger partial charge in [-0.2, -0.15) is 0 Å². The van der Waals surface area contributed by atoms with E-state index in [1.807, 2.05) is 6.07 Å². The topological polar surface area (TPSA) is 53.6 Å². The third kappa shape index (κ3) is 5.03. The quantitative estimate of drug-likeness (QED) is 0.856. The lowest BCUT2D eigenvalue weighted by Crippen LogP contribution is -2.50. The molecule has 3 rings (SSSR count). The summed E-state index contributed by atoms with van der Waals surface area (Å²) in [5.41, 5.74) is 1.31. The lowest BCUT2D eigenvalue weighted by molar-refractivity contribution is -0.127. The Morgan fingerprint density at radius 2 is 2.21 bits per heavy atom. The molecule has 0 aromatic heterocycles. The van der Waals surface area contributed by atoms with Crippen LogP contribution in [0, 0.1) is 5.92 Å². The molecule has 2 fully saturated rings. The zero-order chi connectivity index (χ0) is 16.8. The van der Waals surface area contributed by atoms with E-state index in [-0.39, 0.29) is 12.0 Å². The average molecular weight is 331 g/mol. The number of ether oxygens (including phenoxy) is 1. The molecule has 0 saturated carbocycles. The number of piperidine rings is 1. The van der Waals surface area contributed by atoms with Crippen molar-refractivity contribution in [2.45, 2.75) is 38.5 Å². The number of amides is 1. The van der Waals surface area contributed by atoms with E-state index >= 15 is 0 Å². The van der Waals surface area contributed by atoms with Crippen LogP contribution in [-0.2, 0) is 16.1 Å². The van der Waals surface area contributed by atoms with Gasteiger partial charge in [-0.25, -0.2) is 0 Å². The van der Waals surface area contributed by atoms with Crippen molar-refractivity contribution in [2.75, 3.05) is 32.8 Å². The van der Waals surface area contributed by atoms with E-state index in [2.05, 4.69) is 46.7 Å². The second kappa shape index (κ2) is 8.60. The summed E-state index contributed by atoms with van der Waals surface area (Å²) in [7, 11) is 0. The van der Waals surface area contributed by atoms with Gasteiger partial charge in [0.2, 0.25) is 5.91 Å². The summed E-state index contributed by atoms with van der Waals surface area (Å²) >= 11 is 0. The number of morpholine rings is 1. The predicted molar refractivity (Wildman–Crippen MR) is 94.7 cm³/mol. The van der Waals surface area contributed by atoms with Crippen LogP contribution in [0.5, 0.6) is 0 Å². The van der Waals surface area contributed by atoms with Crippen molar-refractivity contribution in [2.24, 2.45) is 5.92 Å². The zero-order valence-electron chi connectivity index (χ0n) is 14.5. The molecule has 1 aromatic carbocycles. The lowest BCUT2D eigenvalue weighted by Gasteiger charge is -2.34. The fourth-order valence-electron chi connectivity index (χ4n) is 3.59. The van der Waals surface area contributed by atoms with Gasteiger partial charge in [0.25, 0.3) is 0 Å². The van der Waals surface area contributed by atoms with Crippen LogP contribution in [0.2, 0.25) is 0 Å². The van der Waals surface area contributed by atoms with Crippen molar-refractivity contribution in [3.05, 3.63) is 35.9 Å². The number of nitrogens with one attached hydrogen (secondary N) is 2. The largest absolute Gasteiger partial charge is 0.375 e. The molecule has 132 valence electrons. The third-order valence-electron chi connectivity index (χ3n) is 5.02. The van der Waals surface area contributed by atoms with Crippen LogP contribution in [0.4, 0.5) is 0 Å². The molecule has 1 aromatic rings. The summed E-state index contributed by atoms with van der Waals surface area (Å²) in [6.45, 7) is 7.54. The van der Waals surface area contributed by atoms with E-state index in [0.717, 1.165) is 39.1 Å². The summed E-state index contributed by atoms with van der Waals surface area (Å²) < 4.78 is 5.82. The Hall–Kier alpha value is -1.43. The van der Waals surface area contributed by atoms with Gasteiger partial charge in [-0.15, -0.1) is 0 Å². The highest BCUT2D eigenvalue weighted by Crippen LogP contribution is 2.14. The molecule has 1 amide bonds. The van der Waals surface area contributed by atoms with Gasteiger partial charge in [-0.1, -0.05) is 37.3 Å². The van der Waals surface area contributed by atoms with E-state index in [9.17, 15) is 4.79 Å². The normalized spacial score (nSPS) is 28.5. The van der Waals surface area contributed by atoms with Crippen LogP contribution in [0.25, 0.3) is 0 Å². The number of rotatable bonds is 5. The Kier molecular flexibility index (Phi) is 6.24. The molecule has 3 atom stereocenters. The highest BCUT2D eigenvalue weighted by molar-refractivity contribution is 5.76. The molecule has 5 nitrogen and oxygen atoms in total. The molecule has 3 unspecified atom stereocenters. The van der Waals surface area contributed by atoms with Crippen LogP contribution in [0.1, 0.15) is 25.3 Å². The lowest BCUT2D eigenvalue weighted by atomic mass is 9.95. The predicted octanol–water partition coefficient (Wildman–Crippen LogP) is 1.39. The first-order chi connectivity index (χ1) is 11.7. The molecule has 2 aliphatic rings. The summed E-state index contributed by atoms with van der Waals surface area (Å²) in [5, 5.41) is 6.57. The first-order valence-corrected chi connectivity index (χ1v) is 9.08. The molecule has 2 aliphatic heterocycles. The van der Waals surface area contributed by atoms with E-state index in [1.54, 1.807) is 0 Å². The Bertz CT molecular complexity index is 523. The van der Waals surface area contributed by atoms with Crippen LogP contribution in [0.3, 0.4) is 0 Å². The molecule has 2 saturated heterocycles. The third-order valence-corrected chi connectivity index (χ3v) is 5.02. The van der Waals surface area contributed by atoms with Gasteiger partial charge in [-0.05, 0) is 31.0 Å². The minimum Gasteiger partial charge on any atom is -0.375 e. The minimum absolute atomic E-state index is 0.000478. The van der Waals surface area contributed by atoms with Crippen LogP contribution >= 0.6 is 0 Å². The van der Waals surface area contributed by atoms with Crippen LogP contribution in [-0.4, -0.2) is 55.7 Å². The highest BCUT2D eigenvalue weighted by Gasteiger charge is 2.26. The van der Waals surface area contributed by atoms with Gasteiger partial charge in [0.05, 0.1) is 19.1 Å². The summed E-state index contributed by atoms with van der Waals surface area (Å²) in [4.78, 5) is 14.7. The maximum Gasteiger partial charge on any atom is 0.222 e. The van der Waals surface area contributed by atoms with Gasteiger partial charge in [0.1, 0.15) is 0 Å². The number of benzene rings is 1. The summed E-state index contributed by atoms with van der Waals surface area (Å²) in [6.07, 6.45) is 1.47. The van der Waals surface area contributed by atoms with E-state index in [0.29, 0.717) is 25.0 Å². The first-order valence-electron chi connectivity index (χ1n) is 9.08. The zero-order valence-corrected chi connectivity index (χ0v) is 14.5. The number of nitrogens with zero attached hydrogens (tertiary/aromatic N) is 1. The number of carbonyl (C=O) groups is 1. The summed E-state index contributed by atoms with van der Waals surface area (Å²) in [5.74, 6) is 0.616. The molecule has 0 spiro atoms. The van der Waals surface area contributed by atoms with Gasteiger partial charge >= 0.3 is 0 Å². The van der Waals surface area contributed by atoms with Crippen molar-refractivity contribution in [3.8, 4) is 0 Å². The molecule has 2 N–H and O–H groups in total. The molecular formula is C19H29N3O2. The molecular weight excluding hydrogens is 302 g/mol.